The minimum absolute atomic E-state index is 0.220. The molecule has 26 heavy (non-hydrogen) atoms. The number of imidazole rings is 1. The molecule has 0 aliphatic rings. The fourth-order valence-corrected chi connectivity index (χ4v) is 3.37. The Morgan fingerprint density at radius 3 is 2.92 bits per heavy atom. The van der Waals surface area contributed by atoms with Crippen LogP contribution in [0, 0.1) is 6.92 Å². The van der Waals surface area contributed by atoms with E-state index in [2.05, 4.69) is 15.0 Å². The number of benzene rings is 1. The molecule has 2 heterocycles. The van der Waals surface area contributed by atoms with Crippen molar-refractivity contribution in [2.75, 3.05) is 25.1 Å². The number of hydroxylamine groups is 1. The fourth-order valence-electron chi connectivity index (χ4n) is 2.50. The van der Waals surface area contributed by atoms with Gasteiger partial charge in [-0.05, 0) is 18.6 Å². The molecule has 0 saturated heterocycles. The van der Waals surface area contributed by atoms with Crippen molar-refractivity contribution >= 4 is 24.4 Å². The number of fused-ring (bicyclic) bond motifs is 1. The molecule has 0 aliphatic carbocycles. The summed E-state index contributed by atoms with van der Waals surface area (Å²) < 4.78 is 24.5. The molecule has 2 aromatic heterocycles. The van der Waals surface area contributed by atoms with Gasteiger partial charge in [0.15, 0.2) is 5.65 Å². The van der Waals surface area contributed by atoms with Gasteiger partial charge in [0.25, 0.3) is 0 Å². The van der Waals surface area contributed by atoms with Crippen LogP contribution in [0.5, 0.6) is 0 Å². The van der Waals surface area contributed by atoms with E-state index in [-0.39, 0.29) is 6.61 Å². The first-order chi connectivity index (χ1) is 12.5. The van der Waals surface area contributed by atoms with Gasteiger partial charge in [-0.15, -0.1) is 0 Å². The van der Waals surface area contributed by atoms with Gasteiger partial charge in [0.05, 0.1) is 24.8 Å². The quantitative estimate of drug-likeness (QED) is 0.363. The number of aromatic nitrogens is 4. The van der Waals surface area contributed by atoms with E-state index in [1.165, 1.54) is 11.4 Å². The Labute approximate surface area is 150 Å². The molecule has 0 radical (unpaired) electrons. The highest BCUT2D eigenvalue weighted by Gasteiger charge is 2.24. The van der Waals surface area contributed by atoms with Crippen molar-refractivity contribution in [1.29, 1.82) is 0 Å². The molecular weight excluding hydrogens is 357 g/mol. The average molecular weight is 377 g/mol. The van der Waals surface area contributed by atoms with Crippen molar-refractivity contribution in [3.63, 3.8) is 0 Å². The van der Waals surface area contributed by atoms with Crippen molar-refractivity contribution < 1.29 is 18.8 Å². The molecule has 1 atom stereocenters. The predicted octanol–water partition coefficient (Wildman–Crippen LogP) is 2.36. The van der Waals surface area contributed by atoms with E-state index in [4.69, 9.17) is 9.36 Å². The fraction of sp³-hybridized carbons (Fsp3) is 0.312. The summed E-state index contributed by atoms with van der Waals surface area (Å²) >= 11 is 0. The highest BCUT2D eigenvalue weighted by molar-refractivity contribution is 7.52. The number of ether oxygens (including phenoxy) is 1. The lowest BCUT2D eigenvalue weighted by molar-refractivity contribution is 0.136. The van der Waals surface area contributed by atoms with Gasteiger partial charge in [0.2, 0.25) is 0 Å². The van der Waals surface area contributed by atoms with Crippen molar-refractivity contribution in [1.82, 2.24) is 19.5 Å². The number of nitrogens with zero attached hydrogens (tertiary/aromatic N) is 5. The zero-order valence-electron chi connectivity index (χ0n) is 14.5. The zero-order chi connectivity index (χ0) is 18.6. The van der Waals surface area contributed by atoms with E-state index in [0.29, 0.717) is 23.4 Å². The highest BCUT2D eigenvalue weighted by atomic mass is 31.2. The maximum atomic E-state index is 12.2. The summed E-state index contributed by atoms with van der Waals surface area (Å²) in [5.41, 5.74) is 3.02. The van der Waals surface area contributed by atoms with Crippen LogP contribution < -0.4 is 5.06 Å². The van der Waals surface area contributed by atoms with E-state index < -0.39 is 13.9 Å². The highest BCUT2D eigenvalue weighted by Crippen LogP contribution is 2.43. The molecule has 138 valence electrons. The van der Waals surface area contributed by atoms with Gasteiger partial charge >= 0.3 is 7.60 Å². The largest absolute Gasteiger partial charge is 0.374 e. The molecule has 0 spiro atoms. The number of hydrogen-bond donors (Lipinski definition) is 1. The lowest BCUT2D eigenvalue weighted by atomic mass is 10.2. The first-order valence-electron chi connectivity index (χ1n) is 7.96. The second kappa shape index (κ2) is 7.92. The van der Waals surface area contributed by atoms with E-state index >= 15 is 0 Å². The number of anilines is 1. The van der Waals surface area contributed by atoms with Gasteiger partial charge in [-0.3, -0.25) is 4.57 Å². The summed E-state index contributed by atoms with van der Waals surface area (Å²) in [7, 11) is -2.35. The van der Waals surface area contributed by atoms with Gasteiger partial charge in [0.1, 0.15) is 18.2 Å². The Balaban J connectivity index is 1.50. The molecule has 10 heteroatoms. The third-order valence-corrected chi connectivity index (χ3v) is 4.73. The number of rotatable bonds is 8. The molecule has 3 aromatic rings. The second-order valence-electron chi connectivity index (χ2n) is 5.71. The average Bonchev–Trinajstić information content (AvgIpc) is 3.02. The van der Waals surface area contributed by atoms with E-state index in [9.17, 15) is 9.46 Å². The van der Waals surface area contributed by atoms with Crippen LogP contribution in [0.1, 0.15) is 5.56 Å². The molecular formula is C16H20N5O4P. The zero-order valence-corrected chi connectivity index (χ0v) is 15.4. The summed E-state index contributed by atoms with van der Waals surface area (Å²) in [6.45, 7) is 2.56. The topological polar surface area (TPSA) is 103 Å². The summed E-state index contributed by atoms with van der Waals surface area (Å²) in [5, 5.41) is 1.29. The molecule has 0 fully saturated rings. The Morgan fingerprint density at radius 1 is 1.31 bits per heavy atom. The molecule has 9 nitrogen and oxygen atoms in total. The first-order valence-corrected chi connectivity index (χ1v) is 9.72. The Morgan fingerprint density at radius 2 is 2.12 bits per heavy atom. The van der Waals surface area contributed by atoms with Crippen LogP contribution in [0.25, 0.3) is 11.2 Å². The number of aryl methyl sites for hydroxylation is 1. The molecule has 0 aliphatic heterocycles. The van der Waals surface area contributed by atoms with Crippen LogP contribution >= 0.6 is 7.60 Å². The van der Waals surface area contributed by atoms with Crippen LogP contribution in [0.2, 0.25) is 0 Å². The van der Waals surface area contributed by atoms with Gasteiger partial charge in [-0.25, -0.2) is 20.0 Å². The summed E-state index contributed by atoms with van der Waals surface area (Å²) in [6.07, 6.45) is 4.28. The SMILES string of the molecule is Cc1ccccc1N(C)OP(=O)(O)COCCn1cnc2cncnc21. The lowest BCUT2D eigenvalue weighted by Gasteiger charge is -2.23. The molecule has 0 saturated carbocycles. The van der Waals surface area contributed by atoms with E-state index in [1.54, 1.807) is 24.1 Å². The second-order valence-corrected chi connectivity index (χ2v) is 7.41. The predicted molar refractivity (Wildman–Crippen MR) is 96.6 cm³/mol. The van der Waals surface area contributed by atoms with Gasteiger partial charge < -0.3 is 14.2 Å². The maximum Gasteiger partial charge on any atom is 0.374 e. The Bertz CT molecular complexity index is 932. The third-order valence-electron chi connectivity index (χ3n) is 3.72. The van der Waals surface area contributed by atoms with Crippen LogP contribution in [0.15, 0.2) is 43.1 Å². The van der Waals surface area contributed by atoms with E-state index in [0.717, 1.165) is 5.56 Å². The minimum Gasteiger partial charge on any atom is -0.367 e. The van der Waals surface area contributed by atoms with Crippen molar-refractivity contribution in [2.24, 2.45) is 0 Å². The van der Waals surface area contributed by atoms with Crippen molar-refractivity contribution in [2.45, 2.75) is 13.5 Å². The molecule has 0 bridgehead atoms. The van der Waals surface area contributed by atoms with Crippen LogP contribution in [0.4, 0.5) is 5.69 Å². The van der Waals surface area contributed by atoms with Crippen molar-refractivity contribution in [3.8, 4) is 0 Å². The molecule has 0 amide bonds. The Kier molecular flexibility index (Phi) is 5.63. The van der Waals surface area contributed by atoms with Gasteiger partial charge in [-0.1, -0.05) is 18.2 Å². The van der Waals surface area contributed by atoms with Crippen LogP contribution in [-0.4, -0.2) is 44.4 Å². The maximum absolute atomic E-state index is 12.2. The summed E-state index contributed by atoms with van der Waals surface area (Å²) in [4.78, 5) is 22.2. The van der Waals surface area contributed by atoms with Crippen molar-refractivity contribution in [3.05, 3.63) is 48.7 Å². The molecule has 1 unspecified atom stereocenters. The van der Waals surface area contributed by atoms with Crippen LogP contribution in [0.3, 0.4) is 0 Å². The minimum atomic E-state index is -3.94. The normalized spacial score (nSPS) is 13.7. The first kappa shape index (κ1) is 18.5. The van der Waals surface area contributed by atoms with Gasteiger partial charge in [0, 0.05) is 13.6 Å². The lowest BCUT2D eigenvalue weighted by Crippen LogP contribution is -2.18. The molecule has 1 aromatic carbocycles. The standard InChI is InChI=1S/C16H20N5O4P/c1-13-5-3-4-6-15(13)20(2)25-26(22,23)12-24-8-7-21-11-19-14-9-17-10-18-16(14)21/h3-6,9-11H,7-8,12H2,1-2H3,(H,22,23). The number of hydrogen-bond acceptors (Lipinski definition) is 7. The molecule has 1 N–H and O–H groups in total. The monoisotopic (exact) mass is 377 g/mol. The summed E-state index contributed by atoms with van der Waals surface area (Å²) in [5.74, 6) is 0. The summed E-state index contributed by atoms with van der Waals surface area (Å²) in [6, 6.07) is 7.42. The van der Waals surface area contributed by atoms with Crippen LogP contribution in [-0.2, 0) is 20.5 Å². The Hall–Kier alpha value is -2.32. The van der Waals surface area contributed by atoms with E-state index in [1.807, 2.05) is 31.2 Å². The van der Waals surface area contributed by atoms with Gasteiger partial charge in [-0.2, -0.15) is 4.62 Å². The third kappa shape index (κ3) is 4.44. The smallest absolute Gasteiger partial charge is 0.367 e. The number of para-hydroxylation sites is 1. The molecule has 3 rings (SSSR count).